The van der Waals surface area contributed by atoms with Gasteiger partial charge in [-0.25, -0.2) is 0 Å². The number of amides is 2. The van der Waals surface area contributed by atoms with E-state index in [0.29, 0.717) is 26.0 Å². The van der Waals surface area contributed by atoms with Crippen molar-refractivity contribution in [2.45, 2.75) is 44.8 Å². The Kier molecular flexibility index (Phi) is 5.42. The van der Waals surface area contributed by atoms with Crippen molar-refractivity contribution in [3.63, 3.8) is 0 Å². The molecule has 2 amide bonds. The lowest BCUT2D eigenvalue weighted by Gasteiger charge is -2.41. The third kappa shape index (κ3) is 3.71. The molecule has 25 heavy (non-hydrogen) atoms. The van der Waals surface area contributed by atoms with Crippen LogP contribution in [0.25, 0.3) is 0 Å². The molecule has 2 fully saturated rings. The van der Waals surface area contributed by atoms with Crippen LogP contribution in [0.5, 0.6) is 0 Å². The Morgan fingerprint density at radius 2 is 2.16 bits per heavy atom. The molecule has 3 rings (SSSR count). The van der Waals surface area contributed by atoms with Crippen LogP contribution in [0, 0.1) is 5.92 Å². The fourth-order valence-corrected chi connectivity index (χ4v) is 4.09. The van der Waals surface area contributed by atoms with Gasteiger partial charge in [-0.1, -0.05) is 0 Å². The molecule has 0 radical (unpaired) electrons. The average molecular weight is 348 g/mol. The van der Waals surface area contributed by atoms with E-state index in [0.717, 1.165) is 24.9 Å². The fourth-order valence-electron chi connectivity index (χ4n) is 4.09. The molecule has 3 heterocycles. The summed E-state index contributed by atoms with van der Waals surface area (Å²) in [5.41, 5.74) is 0.926. The quantitative estimate of drug-likeness (QED) is 0.824. The number of aromatic nitrogens is 2. The number of ether oxygens (including phenoxy) is 1. The molecule has 0 aromatic carbocycles. The van der Waals surface area contributed by atoms with Crippen LogP contribution in [-0.4, -0.2) is 64.2 Å². The Hall–Kier alpha value is -1.89. The van der Waals surface area contributed by atoms with E-state index in [4.69, 9.17) is 4.74 Å². The molecule has 2 aliphatic rings. The number of aryl methyl sites for hydroxylation is 1. The van der Waals surface area contributed by atoms with E-state index in [9.17, 15) is 9.59 Å². The smallest absolute Gasteiger partial charge is 0.228 e. The van der Waals surface area contributed by atoms with Gasteiger partial charge in [-0.15, -0.1) is 0 Å². The molecule has 0 bridgehead atoms. The number of carbonyl (C=O) groups excluding carboxylic acids is 2. The van der Waals surface area contributed by atoms with Gasteiger partial charge in [-0.2, -0.15) is 5.10 Å². The highest BCUT2D eigenvalue weighted by molar-refractivity contribution is 5.85. The Labute approximate surface area is 148 Å². The third-order valence-corrected chi connectivity index (χ3v) is 5.34. The fraction of sp³-hybridized carbons (Fsp3) is 0.722. The topological polar surface area (TPSA) is 67.7 Å². The van der Waals surface area contributed by atoms with Gasteiger partial charge in [0.25, 0.3) is 0 Å². The third-order valence-electron chi connectivity index (χ3n) is 5.34. The first-order chi connectivity index (χ1) is 12.0. The van der Waals surface area contributed by atoms with Crippen LogP contribution in [0.15, 0.2) is 12.4 Å². The van der Waals surface area contributed by atoms with Crippen LogP contribution in [0.2, 0.25) is 0 Å². The summed E-state index contributed by atoms with van der Waals surface area (Å²) in [6.07, 6.45) is 6.78. The standard InChI is InChI=1S/C18H28N4O3/c1-4-25-14-6-5-9-22(12-14)18(24)15-7-8-16(23)21(3)17(15)13-10-19-20(2)11-13/h10-11,14-15,17H,4-9,12H2,1-3H3/t14-,15+,17-/m1/s1. The first kappa shape index (κ1) is 17.9. The molecule has 0 saturated carbocycles. The Morgan fingerprint density at radius 1 is 1.36 bits per heavy atom. The molecular weight excluding hydrogens is 320 g/mol. The molecule has 138 valence electrons. The first-order valence-corrected chi connectivity index (χ1v) is 9.15. The van der Waals surface area contributed by atoms with Crippen molar-refractivity contribution in [3.05, 3.63) is 18.0 Å². The second kappa shape index (κ2) is 7.56. The minimum absolute atomic E-state index is 0.0868. The minimum atomic E-state index is -0.241. The largest absolute Gasteiger partial charge is 0.377 e. The highest BCUT2D eigenvalue weighted by Crippen LogP contribution is 2.37. The van der Waals surface area contributed by atoms with E-state index >= 15 is 0 Å². The summed E-state index contributed by atoms with van der Waals surface area (Å²) >= 11 is 0. The van der Waals surface area contributed by atoms with Gasteiger partial charge in [0.15, 0.2) is 0 Å². The molecule has 7 heteroatoms. The van der Waals surface area contributed by atoms with E-state index in [1.165, 1.54) is 0 Å². The number of likely N-dealkylation sites (tertiary alicyclic amines) is 2. The summed E-state index contributed by atoms with van der Waals surface area (Å²) in [5, 5.41) is 4.23. The predicted molar refractivity (Wildman–Crippen MR) is 92.7 cm³/mol. The summed E-state index contributed by atoms with van der Waals surface area (Å²) in [4.78, 5) is 29.1. The van der Waals surface area contributed by atoms with Crippen molar-refractivity contribution in [3.8, 4) is 0 Å². The maximum absolute atomic E-state index is 13.3. The van der Waals surface area contributed by atoms with Crippen LogP contribution < -0.4 is 0 Å². The zero-order valence-corrected chi connectivity index (χ0v) is 15.4. The van der Waals surface area contributed by atoms with Gasteiger partial charge in [0.05, 0.1) is 24.3 Å². The average Bonchev–Trinajstić information content (AvgIpc) is 3.03. The van der Waals surface area contributed by atoms with Crippen molar-refractivity contribution in [2.75, 3.05) is 26.7 Å². The number of hydrogen-bond donors (Lipinski definition) is 0. The van der Waals surface area contributed by atoms with E-state index < -0.39 is 0 Å². The van der Waals surface area contributed by atoms with Crippen molar-refractivity contribution < 1.29 is 14.3 Å². The van der Waals surface area contributed by atoms with Gasteiger partial charge >= 0.3 is 0 Å². The van der Waals surface area contributed by atoms with Crippen LogP contribution in [0.4, 0.5) is 0 Å². The maximum atomic E-state index is 13.3. The normalized spacial score (nSPS) is 27.6. The monoisotopic (exact) mass is 348 g/mol. The highest BCUT2D eigenvalue weighted by atomic mass is 16.5. The molecule has 3 atom stereocenters. The molecule has 0 spiro atoms. The number of piperidine rings is 2. The molecule has 0 unspecified atom stereocenters. The van der Waals surface area contributed by atoms with Crippen LogP contribution in [0.3, 0.4) is 0 Å². The van der Waals surface area contributed by atoms with Crippen molar-refractivity contribution in [1.82, 2.24) is 19.6 Å². The van der Waals surface area contributed by atoms with Gasteiger partial charge in [0.2, 0.25) is 11.8 Å². The predicted octanol–water partition coefficient (Wildman–Crippen LogP) is 1.36. The summed E-state index contributed by atoms with van der Waals surface area (Å²) in [6.45, 7) is 4.09. The number of rotatable bonds is 4. The summed E-state index contributed by atoms with van der Waals surface area (Å²) in [5.74, 6) is 0.00798. The van der Waals surface area contributed by atoms with Gasteiger partial charge in [-0.05, 0) is 26.2 Å². The SMILES string of the molecule is CCO[C@@H]1CCCN(C(=O)[C@H]2CCC(=O)N(C)[C@@H]2c2cnn(C)c2)C1. The van der Waals surface area contributed by atoms with E-state index in [1.807, 2.05) is 25.1 Å². The van der Waals surface area contributed by atoms with Crippen LogP contribution >= 0.6 is 0 Å². The summed E-state index contributed by atoms with van der Waals surface area (Å²) in [6, 6.07) is -0.241. The number of hydrogen-bond acceptors (Lipinski definition) is 4. The Morgan fingerprint density at radius 3 is 2.84 bits per heavy atom. The zero-order valence-electron chi connectivity index (χ0n) is 15.4. The van der Waals surface area contributed by atoms with E-state index in [2.05, 4.69) is 5.10 Å². The van der Waals surface area contributed by atoms with E-state index in [-0.39, 0.29) is 29.9 Å². The van der Waals surface area contributed by atoms with Crippen molar-refractivity contribution in [1.29, 1.82) is 0 Å². The van der Waals surface area contributed by atoms with Crippen LogP contribution in [-0.2, 0) is 21.4 Å². The van der Waals surface area contributed by atoms with Gasteiger partial charge in [0.1, 0.15) is 0 Å². The maximum Gasteiger partial charge on any atom is 0.228 e. The molecule has 7 nitrogen and oxygen atoms in total. The van der Waals surface area contributed by atoms with Gasteiger partial charge in [-0.3, -0.25) is 14.3 Å². The lowest BCUT2D eigenvalue weighted by atomic mass is 9.84. The number of carbonyl (C=O) groups is 2. The van der Waals surface area contributed by atoms with Gasteiger partial charge < -0.3 is 14.5 Å². The number of nitrogens with zero attached hydrogens (tertiary/aromatic N) is 4. The Bertz CT molecular complexity index is 628. The Balaban J connectivity index is 1.80. The zero-order chi connectivity index (χ0) is 18.0. The second-order valence-corrected chi connectivity index (χ2v) is 7.05. The molecule has 1 aromatic rings. The second-order valence-electron chi connectivity index (χ2n) is 7.05. The molecule has 2 saturated heterocycles. The first-order valence-electron chi connectivity index (χ1n) is 9.15. The van der Waals surface area contributed by atoms with Gasteiger partial charge in [0, 0.05) is 52.0 Å². The molecule has 0 N–H and O–H groups in total. The molecular formula is C18H28N4O3. The molecule has 1 aromatic heterocycles. The van der Waals surface area contributed by atoms with Crippen LogP contribution in [0.1, 0.15) is 44.2 Å². The summed E-state index contributed by atoms with van der Waals surface area (Å²) in [7, 11) is 3.64. The minimum Gasteiger partial charge on any atom is -0.377 e. The summed E-state index contributed by atoms with van der Waals surface area (Å²) < 4.78 is 7.45. The van der Waals surface area contributed by atoms with Crippen molar-refractivity contribution in [2.24, 2.45) is 13.0 Å². The molecule has 2 aliphatic heterocycles. The highest BCUT2D eigenvalue weighted by Gasteiger charge is 2.41. The molecule has 0 aliphatic carbocycles. The lowest BCUT2D eigenvalue weighted by Crippen LogP contribution is -2.51. The van der Waals surface area contributed by atoms with Crippen molar-refractivity contribution >= 4 is 11.8 Å². The van der Waals surface area contributed by atoms with E-state index in [1.54, 1.807) is 22.8 Å². The lowest BCUT2D eigenvalue weighted by molar-refractivity contribution is -0.149.